The standard InChI is InChI=1S/C15H31N3O/c1-15(2,16)9-7-14(19)18(4)11-8-13-6-5-10-17(3)12-13/h13H,5-12,16H2,1-4H3. The van der Waals surface area contributed by atoms with E-state index >= 15 is 0 Å². The van der Waals surface area contributed by atoms with Gasteiger partial charge in [-0.3, -0.25) is 4.79 Å². The minimum Gasteiger partial charge on any atom is -0.346 e. The van der Waals surface area contributed by atoms with E-state index in [4.69, 9.17) is 5.73 Å². The fourth-order valence-electron chi connectivity index (χ4n) is 2.63. The molecule has 0 aromatic heterocycles. The van der Waals surface area contributed by atoms with Gasteiger partial charge >= 0.3 is 0 Å². The summed E-state index contributed by atoms with van der Waals surface area (Å²) in [6.45, 7) is 7.22. The highest BCUT2D eigenvalue weighted by molar-refractivity contribution is 5.75. The van der Waals surface area contributed by atoms with Crippen LogP contribution in [0.5, 0.6) is 0 Å². The molecule has 19 heavy (non-hydrogen) atoms. The van der Waals surface area contributed by atoms with Crippen LogP contribution in [0.15, 0.2) is 0 Å². The fraction of sp³-hybridized carbons (Fsp3) is 0.933. The Morgan fingerprint density at radius 3 is 2.74 bits per heavy atom. The quantitative estimate of drug-likeness (QED) is 0.798. The topological polar surface area (TPSA) is 49.6 Å². The zero-order chi connectivity index (χ0) is 14.5. The predicted octanol–water partition coefficient (Wildman–Crippen LogP) is 1.69. The van der Waals surface area contributed by atoms with E-state index in [1.807, 2.05) is 25.8 Å². The summed E-state index contributed by atoms with van der Waals surface area (Å²) < 4.78 is 0. The van der Waals surface area contributed by atoms with Crippen LogP contribution in [0.3, 0.4) is 0 Å². The Kier molecular flexibility index (Phi) is 6.27. The summed E-state index contributed by atoms with van der Waals surface area (Å²) in [7, 11) is 4.10. The maximum atomic E-state index is 12.0. The molecule has 1 fully saturated rings. The lowest BCUT2D eigenvalue weighted by Gasteiger charge is -2.31. The molecular formula is C15H31N3O. The molecule has 112 valence electrons. The molecule has 1 rings (SSSR count). The molecule has 0 aromatic carbocycles. The molecule has 1 heterocycles. The van der Waals surface area contributed by atoms with Crippen LogP contribution in [-0.4, -0.2) is 55.0 Å². The van der Waals surface area contributed by atoms with Gasteiger partial charge in [0, 0.05) is 32.1 Å². The van der Waals surface area contributed by atoms with Gasteiger partial charge in [0.15, 0.2) is 0 Å². The van der Waals surface area contributed by atoms with Gasteiger partial charge in [0.1, 0.15) is 0 Å². The summed E-state index contributed by atoms with van der Waals surface area (Å²) >= 11 is 0. The number of carbonyl (C=O) groups is 1. The molecule has 1 aliphatic rings. The van der Waals surface area contributed by atoms with Gasteiger partial charge in [0.25, 0.3) is 0 Å². The highest BCUT2D eigenvalue weighted by Gasteiger charge is 2.19. The number of piperidine rings is 1. The summed E-state index contributed by atoms with van der Waals surface area (Å²) in [4.78, 5) is 16.3. The summed E-state index contributed by atoms with van der Waals surface area (Å²) in [5.41, 5.74) is 5.67. The molecule has 4 heteroatoms. The Bertz CT molecular complexity index is 286. The molecule has 1 saturated heterocycles. The van der Waals surface area contributed by atoms with E-state index in [1.165, 1.54) is 25.9 Å². The second kappa shape index (κ2) is 7.25. The van der Waals surface area contributed by atoms with Crippen molar-refractivity contribution in [3.63, 3.8) is 0 Å². The number of rotatable bonds is 6. The van der Waals surface area contributed by atoms with Crippen molar-refractivity contribution in [2.75, 3.05) is 33.7 Å². The van der Waals surface area contributed by atoms with Crippen LogP contribution in [-0.2, 0) is 4.79 Å². The second-order valence-corrected chi connectivity index (χ2v) is 6.86. The first kappa shape index (κ1) is 16.4. The Morgan fingerprint density at radius 1 is 1.47 bits per heavy atom. The van der Waals surface area contributed by atoms with E-state index in [0.717, 1.165) is 25.3 Å². The van der Waals surface area contributed by atoms with E-state index in [0.29, 0.717) is 6.42 Å². The van der Waals surface area contributed by atoms with Crippen molar-refractivity contribution in [2.24, 2.45) is 11.7 Å². The van der Waals surface area contributed by atoms with Crippen LogP contribution >= 0.6 is 0 Å². The molecular weight excluding hydrogens is 238 g/mol. The molecule has 0 saturated carbocycles. The Morgan fingerprint density at radius 2 is 2.16 bits per heavy atom. The third-order valence-corrected chi connectivity index (χ3v) is 4.00. The molecule has 1 aliphatic heterocycles. The Labute approximate surface area is 118 Å². The van der Waals surface area contributed by atoms with Crippen LogP contribution in [0, 0.1) is 5.92 Å². The first-order chi connectivity index (χ1) is 8.78. The monoisotopic (exact) mass is 269 g/mol. The Hall–Kier alpha value is -0.610. The molecule has 4 nitrogen and oxygen atoms in total. The maximum absolute atomic E-state index is 12.0. The van der Waals surface area contributed by atoms with E-state index < -0.39 is 0 Å². The number of nitrogens with zero attached hydrogens (tertiary/aromatic N) is 2. The molecule has 1 unspecified atom stereocenters. The van der Waals surface area contributed by atoms with Crippen molar-refractivity contribution in [1.29, 1.82) is 0 Å². The lowest BCUT2D eigenvalue weighted by atomic mass is 9.95. The third-order valence-electron chi connectivity index (χ3n) is 4.00. The molecule has 2 N–H and O–H groups in total. The first-order valence-electron chi connectivity index (χ1n) is 7.49. The Balaban J connectivity index is 2.22. The van der Waals surface area contributed by atoms with Crippen molar-refractivity contribution in [3.05, 3.63) is 0 Å². The van der Waals surface area contributed by atoms with Crippen LogP contribution in [0.25, 0.3) is 0 Å². The molecule has 0 aromatic rings. The van der Waals surface area contributed by atoms with Crippen LogP contribution in [0.1, 0.15) is 46.0 Å². The average Bonchev–Trinajstić information content (AvgIpc) is 2.32. The smallest absolute Gasteiger partial charge is 0.222 e. The highest BCUT2D eigenvalue weighted by atomic mass is 16.2. The SMILES string of the molecule is CN1CCCC(CCN(C)C(=O)CCC(C)(C)N)C1. The lowest BCUT2D eigenvalue weighted by Crippen LogP contribution is -2.37. The number of carbonyl (C=O) groups excluding carboxylic acids is 1. The van der Waals surface area contributed by atoms with Crippen LogP contribution in [0.2, 0.25) is 0 Å². The van der Waals surface area contributed by atoms with Crippen molar-refractivity contribution in [3.8, 4) is 0 Å². The zero-order valence-corrected chi connectivity index (χ0v) is 13.1. The largest absolute Gasteiger partial charge is 0.346 e. The molecule has 1 amide bonds. The van der Waals surface area contributed by atoms with Gasteiger partial charge in [-0.15, -0.1) is 0 Å². The molecule has 1 atom stereocenters. The van der Waals surface area contributed by atoms with Gasteiger partial charge in [0.05, 0.1) is 0 Å². The maximum Gasteiger partial charge on any atom is 0.222 e. The summed E-state index contributed by atoms with van der Waals surface area (Å²) in [6, 6.07) is 0. The third kappa shape index (κ3) is 6.92. The highest BCUT2D eigenvalue weighted by Crippen LogP contribution is 2.18. The molecule has 0 bridgehead atoms. The van der Waals surface area contributed by atoms with Gasteiger partial charge in [-0.25, -0.2) is 0 Å². The fourth-order valence-corrected chi connectivity index (χ4v) is 2.63. The number of hydrogen-bond donors (Lipinski definition) is 1. The predicted molar refractivity (Wildman–Crippen MR) is 80.0 cm³/mol. The normalized spacial score (nSPS) is 21.4. The summed E-state index contributed by atoms with van der Waals surface area (Å²) in [5, 5.41) is 0. The van der Waals surface area contributed by atoms with E-state index in [9.17, 15) is 4.79 Å². The van der Waals surface area contributed by atoms with Gasteiger partial charge in [-0.1, -0.05) is 0 Å². The van der Waals surface area contributed by atoms with E-state index in [1.54, 1.807) is 0 Å². The van der Waals surface area contributed by atoms with Gasteiger partial charge in [-0.05, 0) is 59.0 Å². The molecule has 0 aliphatic carbocycles. The summed E-state index contributed by atoms with van der Waals surface area (Å²) in [5.74, 6) is 0.975. The van der Waals surface area contributed by atoms with E-state index in [-0.39, 0.29) is 11.4 Å². The number of amides is 1. The minimum atomic E-state index is -0.247. The minimum absolute atomic E-state index is 0.225. The van der Waals surface area contributed by atoms with E-state index in [2.05, 4.69) is 11.9 Å². The van der Waals surface area contributed by atoms with Gasteiger partial charge in [0.2, 0.25) is 5.91 Å². The average molecular weight is 269 g/mol. The van der Waals surface area contributed by atoms with Gasteiger partial charge in [-0.2, -0.15) is 0 Å². The van der Waals surface area contributed by atoms with Crippen molar-refractivity contribution in [1.82, 2.24) is 9.80 Å². The van der Waals surface area contributed by atoms with Crippen LogP contribution < -0.4 is 5.73 Å². The number of hydrogen-bond acceptors (Lipinski definition) is 3. The number of likely N-dealkylation sites (tertiary alicyclic amines) is 1. The number of nitrogens with two attached hydrogens (primary N) is 1. The first-order valence-corrected chi connectivity index (χ1v) is 7.49. The second-order valence-electron chi connectivity index (χ2n) is 6.86. The van der Waals surface area contributed by atoms with Crippen molar-refractivity contribution < 1.29 is 4.79 Å². The van der Waals surface area contributed by atoms with Gasteiger partial charge < -0.3 is 15.5 Å². The lowest BCUT2D eigenvalue weighted by molar-refractivity contribution is -0.130. The molecule has 0 radical (unpaired) electrons. The van der Waals surface area contributed by atoms with Crippen molar-refractivity contribution in [2.45, 2.75) is 51.5 Å². The zero-order valence-electron chi connectivity index (χ0n) is 13.1. The van der Waals surface area contributed by atoms with Crippen molar-refractivity contribution >= 4 is 5.91 Å². The van der Waals surface area contributed by atoms with Crippen LogP contribution in [0.4, 0.5) is 0 Å². The summed E-state index contributed by atoms with van der Waals surface area (Å²) in [6.07, 6.45) is 5.04. The molecule has 0 spiro atoms.